The molecule has 0 aliphatic rings. The van der Waals surface area contributed by atoms with Crippen molar-refractivity contribution in [2.45, 2.75) is 6.92 Å². The van der Waals surface area contributed by atoms with Gasteiger partial charge in [0, 0.05) is 5.56 Å². The number of rotatable bonds is 5. The van der Waals surface area contributed by atoms with E-state index >= 15 is 0 Å². The number of aromatic nitrogens is 2. The number of ether oxygens (including phenoxy) is 1. The van der Waals surface area contributed by atoms with Crippen LogP contribution in [0.5, 0.6) is 5.75 Å². The lowest BCUT2D eigenvalue weighted by atomic mass is 10.0. The molecule has 4 aromatic rings. The van der Waals surface area contributed by atoms with Gasteiger partial charge < -0.3 is 10.1 Å². The summed E-state index contributed by atoms with van der Waals surface area (Å²) in [5, 5.41) is 9.00. The van der Waals surface area contributed by atoms with Crippen LogP contribution in [0.4, 0.5) is 10.2 Å². The molecule has 156 valence electrons. The number of thiophene rings is 1. The average molecular weight is 435 g/mol. The van der Waals surface area contributed by atoms with E-state index in [0.717, 1.165) is 0 Å². The van der Waals surface area contributed by atoms with E-state index in [0.29, 0.717) is 21.9 Å². The summed E-state index contributed by atoms with van der Waals surface area (Å²) in [6.07, 6.45) is 0. The second kappa shape index (κ2) is 8.53. The molecular weight excluding hydrogens is 417 g/mol. The molecule has 0 fully saturated rings. The summed E-state index contributed by atoms with van der Waals surface area (Å²) < 4.78 is 20.4. The van der Waals surface area contributed by atoms with Crippen LogP contribution < -0.4 is 15.5 Å². The lowest BCUT2D eigenvalue weighted by molar-refractivity contribution is 0.102. The van der Waals surface area contributed by atoms with Gasteiger partial charge in [0.25, 0.3) is 5.91 Å². The highest BCUT2D eigenvalue weighted by molar-refractivity contribution is 7.12. The molecule has 2 aromatic heterocycles. The maximum absolute atomic E-state index is 13.5. The van der Waals surface area contributed by atoms with Crippen molar-refractivity contribution in [3.8, 4) is 22.6 Å². The number of carbonyl (C=O) groups is 1. The number of benzene rings is 2. The van der Waals surface area contributed by atoms with Crippen LogP contribution in [-0.2, 0) is 0 Å². The molecule has 8 heteroatoms. The average Bonchev–Trinajstić information content (AvgIpc) is 3.32. The fraction of sp³-hybridized carbons (Fsp3) is 0.0870. The van der Waals surface area contributed by atoms with Gasteiger partial charge in [-0.1, -0.05) is 24.3 Å². The molecule has 0 atom stereocenters. The lowest BCUT2D eigenvalue weighted by Crippen LogP contribution is -2.24. The zero-order valence-corrected chi connectivity index (χ0v) is 17.6. The number of nitrogens with zero attached hydrogens (tertiary/aromatic N) is 2. The highest BCUT2D eigenvalue weighted by Crippen LogP contribution is 2.34. The number of nitrogens with one attached hydrogen (secondary N) is 1. The summed E-state index contributed by atoms with van der Waals surface area (Å²) in [7, 11) is 1.51. The SMILES string of the molecule is COc1ccccc1-c1c(NC(=O)c2cccs2)n(-c2ccc(F)cc2)nc(C)c1=O. The molecule has 0 aliphatic carbocycles. The zero-order chi connectivity index (χ0) is 22.0. The molecule has 2 heterocycles. The molecule has 1 N–H and O–H groups in total. The summed E-state index contributed by atoms with van der Waals surface area (Å²) >= 11 is 1.28. The minimum absolute atomic E-state index is 0.171. The third kappa shape index (κ3) is 3.97. The first-order valence-corrected chi connectivity index (χ1v) is 10.3. The van der Waals surface area contributed by atoms with E-state index in [2.05, 4.69) is 10.4 Å². The minimum atomic E-state index is -0.407. The van der Waals surface area contributed by atoms with E-state index in [-0.39, 0.29) is 28.4 Å². The van der Waals surface area contributed by atoms with Gasteiger partial charge >= 0.3 is 0 Å². The van der Waals surface area contributed by atoms with Gasteiger partial charge in [0.1, 0.15) is 23.1 Å². The van der Waals surface area contributed by atoms with Crippen molar-refractivity contribution in [3.63, 3.8) is 0 Å². The highest BCUT2D eigenvalue weighted by Gasteiger charge is 2.23. The highest BCUT2D eigenvalue weighted by atomic mass is 32.1. The summed E-state index contributed by atoms with van der Waals surface area (Å²) in [4.78, 5) is 26.6. The van der Waals surface area contributed by atoms with Crippen LogP contribution in [0, 0.1) is 12.7 Å². The standard InChI is InChI=1S/C23H18FN3O3S/c1-14-21(28)20(17-6-3-4-7-18(17)30-2)22(25-23(29)19-8-5-13-31-19)27(26-14)16-11-9-15(24)10-12-16/h3-13H,1-2H3,(H,25,29). The molecular formula is C23H18FN3O3S. The van der Waals surface area contributed by atoms with Crippen LogP contribution >= 0.6 is 11.3 Å². The van der Waals surface area contributed by atoms with Gasteiger partial charge in [0.2, 0.25) is 5.43 Å². The van der Waals surface area contributed by atoms with Gasteiger partial charge in [-0.3, -0.25) is 9.59 Å². The smallest absolute Gasteiger partial charge is 0.266 e. The number of carbonyl (C=O) groups excluding carboxylic acids is 1. The first-order valence-electron chi connectivity index (χ1n) is 9.37. The van der Waals surface area contributed by atoms with Gasteiger partial charge in [-0.05, 0) is 48.7 Å². The van der Waals surface area contributed by atoms with Gasteiger partial charge in [-0.15, -0.1) is 11.3 Å². The van der Waals surface area contributed by atoms with Gasteiger partial charge in [0.15, 0.2) is 0 Å². The quantitative estimate of drug-likeness (QED) is 0.494. The lowest BCUT2D eigenvalue weighted by Gasteiger charge is -2.19. The second-order valence-corrected chi connectivity index (χ2v) is 7.61. The maximum atomic E-state index is 13.5. The largest absolute Gasteiger partial charge is 0.496 e. The van der Waals surface area contributed by atoms with E-state index in [1.165, 1.54) is 47.4 Å². The van der Waals surface area contributed by atoms with E-state index < -0.39 is 5.82 Å². The number of hydrogen-bond acceptors (Lipinski definition) is 5. The summed E-state index contributed by atoms with van der Waals surface area (Å²) in [5.41, 5.74) is 1.11. The molecule has 31 heavy (non-hydrogen) atoms. The third-order valence-electron chi connectivity index (χ3n) is 4.68. The summed E-state index contributed by atoms with van der Waals surface area (Å²) in [6.45, 7) is 1.59. The normalized spacial score (nSPS) is 10.7. The molecule has 0 bridgehead atoms. The molecule has 6 nitrogen and oxygen atoms in total. The zero-order valence-electron chi connectivity index (χ0n) is 16.8. The van der Waals surface area contributed by atoms with Crippen molar-refractivity contribution in [1.82, 2.24) is 9.78 Å². The first kappa shape index (κ1) is 20.5. The molecule has 0 saturated heterocycles. The molecule has 0 saturated carbocycles. The van der Waals surface area contributed by atoms with Crippen LogP contribution in [0.1, 0.15) is 15.4 Å². The number of amides is 1. The van der Waals surface area contributed by atoms with Crippen LogP contribution in [0.25, 0.3) is 16.8 Å². The van der Waals surface area contributed by atoms with Crippen LogP contribution in [0.3, 0.4) is 0 Å². The van der Waals surface area contributed by atoms with Crippen molar-refractivity contribution < 1.29 is 13.9 Å². The fourth-order valence-corrected chi connectivity index (χ4v) is 3.82. The van der Waals surface area contributed by atoms with Crippen molar-refractivity contribution in [2.75, 3.05) is 12.4 Å². The molecule has 2 aromatic carbocycles. The van der Waals surface area contributed by atoms with Crippen molar-refractivity contribution in [3.05, 3.63) is 92.7 Å². The Bertz CT molecular complexity index is 1300. The molecule has 4 rings (SSSR count). The van der Waals surface area contributed by atoms with Gasteiger partial charge in [0.05, 0.1) is 23.2 Å². The number of aryl methyl sites for hydroxylation is 1. The molecule has 0 radical (unpaired) electrons. The van der Waals surface area contributed by atoms with Crippen molar-refractivity contribution in [2.24, 2.45) is 0 Å². The number of hydrogen-bond donors (Lipinski definition) is 1. The monoisotopic (exact) mass is 435 g/mol. The Hall–Kier alpha value is -3.78. The Morgan fingerprint density at radius 1 is 1.10 bits per heavy atom. The Labute approximate surface area is 181 Å². The Morgan fingerprint density at radius 2 is 1.84 bits per heavy atom. The fourth-order valence-electron chi connectivity index (χ4n) is 3.20. The van der Waals surface area contributed by atoms with E-state index in [4.69, 9.17) is 4.74 Å². The number of methoxy groups -OCH3 is 1. The predicted octanol–water partition coefficient (Wildman–Crippen LogP) is 4.67. The number of halogens is 1. The van der Waals surface area contributed by atoms with E-state index in [1.807, 2.05) is 0 Å². The number of para-hydroxylation sites is 1. The van der Waals surface area contributed by atoms with Gasteiger partial charge in [-0.2, -0.15) is 5.10 Å². The van der Waals surface area contributed by atoms with Crippen LogP contribution in [0.15, 0.2) is 70.8 Å². The summed E-state index contributed by atoms with van der Waals surface area (Å²) in [5.74, 6) is -0.143. The molecule has 0 spiro atoms. The first-order chi connectivity index (χ1) is 15.0. The number of anilines is 1. The van der Waals surface area contributed by atoms with E-state index in [9.17, 15) is 14.0 Å². The molecule has 0 aliphatic heterocycles. The van der Waals surface area contributed by atoms with Crippen LogP contribution in [-0.4, -0.2) is 22.8 Å². The van der Waals surface area contributed by atoms with Crippen molar-refractivity contribution >= 4 is 23.1 Å². The third-order valence-corrected chi connectivity index (χ3v) is 5.55. The molecule has 1 amide bonds. The predicted molar refractivity (Wildman–Crippen MR) is 119 cm³/mol. The van der Waals surface area contributed by atoms with Gasteiger partial charge in [-0.25, -0.2) is 9.07 Å². The second-order valence-electron chi connectivity index (χ2n) is 6.66. The Morgan fingerprint density at radius 3 is 2.52 bits per heavy atom. The Balaban J connectivity index is 2.01. The Kier molecular flexibility index (Phi) is 5.64. The molecule has 0 unspecified atom stereocenters. The van der Waals surface area contributed by atoms with E-state index in [1.54, 1.807) is 48.7 Å². The summed E-state index contributed by atoms with van der Waals surface area (Å²) in [6, 6.07) is 16.1. The van der Waals surface area contributed by atoms with Crippen molar-refractivity contribution in [1.29, 1.82) is 0 Å². The minimum Gasteiger partial charge on any atom is -0.496 e. The van der Waals surface area contributed by atoms with Crippen LogP contribution in [0.2, 0.25) is 0 Å². The topological polar surface area (TPSA) is 73.2 Å². The maximum Gasteiger partial charge on any atom is 0.266 e.